The lowest BCUT2D eigenvalue weighted by Gasteiger charge is -2.31. The Morgan fingerprint density at radius 2 is 1.20 bits per heavy atom. The number of hydrogen-bond donors (Lipinski definition) is 0. The van der Waals surface area contributed by atoms with Crippen LogP contribution in [0, 0.1) is 5.41 Å². The van der Waals surface area contributed by atoms with Crippen LogP contribution in [0.5, 0.6) is 11.5 Å². The maximum atomic E-state index is 6.97. The molecule has 9 rings (SSSR count). The molecule has 5 nitrogen and oxygen atoms in total. The molecule has 66 heavy (non-hydrogen) atoms. The van der Waals surface area contributed by atoms with Crippen molar-refractivity contribution in [3.63, 3.8) is 0 Å². The van der Waals surface area contributed by atoms with Gasteiger partial charge in [0, 0.05) is 57.8 Å². The quantitative estimate of drug-likeness (QED) is 0.137. The Balaban J connectivity index is 1.12. The van der Waals surface area contributed by atoms with Crippen molar-refractivity contribution in [2.75, 3.05) is 16.5 Å². The molecule has 3 heterocycles. The largest absolute Gasteiger partial charge is 0.457 e. The van der Waals surface area contributed by atoms with Gasteiger partial charge in [-0.3, -0.25) is 4.57 Å². The van der Waals surface area contributed by atoms with E-state index in [0.717, 1.165) is 50.6 Å². The molecule has 2 aromatic heterocycles. The molecule has 0 spiro atoms. The lowest BCUT2D eigenvalue weighted by molar-refractivity contribution is 0.483. The van der Waals surface area contributed by atoms with E-state index < -0.39 is 0 Å². The minimum absolute atomic E-state index is 0.0133. The number of benzene rings is 6. The first kappa shape index (κ1) is 44.6. The molecule has 6 aromatic carbocycles. The highest BCUT2D eigenvalue weighted by molar-refractivity contribution is 6.09. The summed E-state index contributed by atoms with van der Waals surface area (Å²) in [7, 11) is 0. The third-order valence-corrected chi connectivity index (χ3v) is 13.3. The minimum Gasteiger partial charge on any atom is -0.457 e. The molecular formula is C61H66N4O. The summed E-state index contributed by atoms with van der Waals surface area (Å²) in [4.78, 5) is 9.81. The molecule has 1 aliphatic heterocycles. The summed E-state index contributed by atoms with van der Waals surface area (Å²) in [5.41, 5.74) is 16.0. The molecule has 5 heteroatoms. The van der Waals surface area contributed by atoms with Crippen LogP contribution in [0.15, 0.2) is 158 Å². The van der Waals surface area contributed by atoms with Crippen LogP contribution >= 0.6 is 0 Å². The number of ether oxygens (including phenoxy) is 1. The number of nitrogens with zero attached hydrogens (tertiary/aromatic N) is 4. The topological polar surface area (TPSA) is 33.5 Å². The molecule has 0 bridgehead atoms. The van der Waals surface area contributed by atoms with Gasteiger partial charge in [-0.15, -0.1) is 0 Å². The fourth-order valence-corrected chi connectivity index (χ4v) is 9.59. The molecular weight excluding hydrogens is 805 g/mol. The molecule has 0 unspecified atom stereocenters. The van der Waals surface area contributed by atoms with Gasteiger partial charge in [-0.05, 0) is 122 Å². The van der Waals surface area contributed by atoms with Crippen molar-refractivity contribution in [2.24, 2.45) is 5.41 Å². The van der Waals surface area contributed by atoms with E-state index in [-0.39, 0.29) is 10.8 Å². The molecule has 0 amide bonds. The van der Waals surface area contributed by atoms with Crippen LogP contribution in [0.3, 0.4) is 0 Å². The smallest absolute Gasteiger partial charge is 0.137 e. The Morgan fingerprint density at radius 3 is 1.88 bits per heavy atom. The Labute approximate surface area is 393 Å². The van der Waals surface area contributed by atoms with E-state index in [9.17, 15) is 0 Å². The lowest BCUT2D eigenvalue weighted by Crippen LogP contribution is -2.30. The summed E-state index contributed by atoms with van der Waals surface area (Å²) in [5.74, 6) is 3.71. The maximum absolute atomic E-state index is 6.97. The molecule has 8 aromatic rings. The summed E-state index contributed by atoms with van der Waals surface area (Å²) >= 11 is 0. The van der Waals surface area contributed by atoms with E-state index in [1.807, 2.05) is 6.20 Å². The summed E-state index contributed by atoms with van der Waals surface area (Å²) in [6.07, 6.45) is 4.28. The van der Waals surface area contributed by atoms with Crippen molar-refractivity contribution in [3.8, 4) is 39.6 Å². The van der Waals surface area contributed by atoms with Crippen LogP contribution in [0.2, 0.25) is 0 Å². The molecule has 0 radical (unpaired) electrons. The van der Waals surface area contributed by atoms with E-state index in [4.69, 9.17) is 9.72 Å². The first-order chi connectivity index (χ1) is 31.4. The third kappa shape index (κ3) is 8.64. The van der Waals surface area contributed by atoms with Crippen molar-refractivity contribution in [3.05, 3.63) is 180 Å². The zero-order valence-electron chi connectivity index (χ0n) is 41.1. The highest BCUT2D eigenvalue weighted by atomic mass is 16.5. The molecule has 336 valence electrons. The van der Waals surface area contributed by atoms with Gasteiger partial charge in [0.2, 0.25) is 0 Å². The van der Waals surface area contributed by atoms with Crippen LogP contribution in [0.1, 0.15) is 123 Å². The van der Waals surface area contributed by atoms with Gasteiger partial charge in [-0.25, -0.2) is 4.98 Å². The third-order valence-electron chi connectivity index (χ3n) is 13.3. The second kappa shape index (κ2) is 17.3. The molecule has 1 aliphatic rings. The number of anilines is 2. The van der Waals surface area contributed by atoms with Crippen molar-refractivity contribution in [1.82, 2.24) is 9.55 Å². The van der Waals surface area contributed by atoms with Crippen molar-refractivity contribution >= 4 is 33.2 Å². The van der Waals surface area contributed by atoms with E-state index in [2.05, 4.69) is 243 Å². The summed E-state index contributed by atoms with van der Waals surface area (Å²) < 4.78 is 9.25. The molecule has 0 saturated heterocycles. The highest BCUT2D eigenvalue weighted by Crippen LogP contribution is 2.44. The molecule has 0 aliphatic carbocycles. The van der Waals surface area contributed by atoms with Gasteiger partial charge in [-0.2, -0.15) is 0 Å². The predicted molar refractivity (Wildman–Crippen MR) is 281 cm³/mol. The SMILES string of the molecule is CC(C)c1cc(C(C)C)c(-c2cccc(N3CN(c4cc(Oc5ccc6c7ccccc7n(-c7cc(C(C)(C)C)ccn7)c6c5)cc(-c5ccccc5)c4)C=C3C(C)(C)C)c2)c(C(C)C)c1. The standard InChI is InChI=1S/C61H66N4O/c1-39(2)44-32-53(40(3)4)59(54(33-44)41(5)6)43-21-18-22-47(29-43)64-38-63(37-57(64)61(10,11)12)48-30-45(42-19-14-13-15-20-42)31-50(35-48)66-49-25-26-52-51-23-16-17-24-55(51)65(56(52)36-49)58-34-46(27-28-62-58)60(7,8)9/h13-37,39-41H,38H2,1-12H3. The molecule has 0 atom stereocenters. The number of aromatic nitrogens is 2. The van der Waals surface area contributed by atoms with E-state index in [0.29, 0.717) is 24.4 Å². The van der Waals surface area contributed by atoms with Crippen molar-refractivity contribution < 1.29 is 4.74 Å². The highest BCUT2D eigenvalue weighted by Gasteiger charge is 2.32. The predicted octanol–water partition coefficient (Wildman–Crippen LogP) is 17.1. The zero-order chi connectivity index (χ0) is 46.7. The number of fused-ring (bicyclic) bond motifs is 3. The van der Waals surface area contributed by atoms with E-state index in [1.54, 1.807) is 0 Å². The first-order valence-corrected chi connectivity index (χ1v) is 23.9. The second-order valence-electron chi connectivity index (χ2n) is 21.3. The van der Waals surface area contributed by atoms with Gasteiger partial charge >= 0.3 is 0 Å². The average molecular weight is 871 g/mol. The number of para-hydroxylation sites is 1. The number of pyridine rings is 1. The van der Waals surface area contributed by atoms with Gasteiger partial charge < -0.3 is 14.5 Å². The number of rotatable bonds is 10. The summed E-state index contributed by atoms with van der Waals surface area (Å²) in [6, 6.07) is 50.9. The lowest BCUT2D eigenvalue weighted by atomic mass is 9.81. The minimum atomic E-state index is -0.124. The average Bonchev–Trinajstić information content (AvgIpc) is 3.89. The van der Waals surface area contributed by atoms with Crippen LogP contribution < -0.4 is 14.5 Å². The molecule has 0 N–H and O–H groups in total. The van der Waals surface area contributed by atoms with Gasteiger partial charge in [0.05, 0.1) is 17.7 Å². The van der Waals surface area contributed by atoms with Crippen LogP contribution in [0.25, 0.3) is 49.9 Å². The van der Waals surface area contributed by atoms with E-state index >= 15 is 0 Å². The second-order valence-corrected chi connectivity index (χ2v) is 21.3. The number of hydrogen-bond acceptors (Lipinski definition) is 4. The number of allylic oxidation sites excluding steroid dienone is 1. The van der Waals surface area contributed by atoms with Gasteiger partial charge in [0.25, 0.3) is 0 Å². The van der Waals surface area contributed by atoms with Gasteiger partial charge in [-0.1, -0.05) is 156 Å². The Hall–Kier alpha value is -6.59. The summed E-state index contributed by atoms with van der Waals surface area (Å²) in [6.45, 7) is 28.3. The fourth-order valence-electron chi connectivity index (χ4n) is 9.59. The normalized spacial score (nSPS) is 13.5. The van der Waals surface area contributed by atoms with Crippen molar-refractivity contribution in [1.29, 1.82) is 0 Å². The Morgan fingerprint density at radius 1 is 0.530 bits per heavy atom. The first-order valence-electron chi connectivity index (χ1n) is 23.9. The van der Waals surface area contributed by atoms with E-state index in [1.165, 1.54) is 50.2 Å². The van der Waals surface area contributed by atoms with Crippen molar-refractivity contribution in [2.45, 2.75) is 106 Å². The van der Waals surface area contributed by atoms with Crippen LogP contribution in [-0.2, 0) is 5.41 Å². The maximum Gasteiger partial charge on any atom is 0.137 e. The Bertz CT molecular complexity index is 3070. The Kier molecular flexibility index (Phi) is 11.7. The van der Waals surface area contributed by atoms with Gasteiger partial charge in [0.1, 0.15) is 17.3 Å². The molecule has 0 saturated carbocycles. The van der Waals surface area contributed by atoms with Crippen LogP contribution in [0.4, 0.5) is 11.4 Å². The monoisotopic (exact) mass is 871 g/mol. The zero-order valence-corrected chi connectivity index (χ0v) is 41.1. The summed E-state index contributed by atoms with van der Waals surface area (Å²) in [5, 5.41) is 2.35. The molecule has 0 fully saturated rings. The van der Waals surface area contributed by atoms with Gasteiger partial charge in [0.15, 0.2) is 0 Å². The van der Waals surface area contributed by atoms with Crippen LogP contribution in [-0.4, -0.2) is 16.2 Å². The fraction of sp³-hybridized carbons (Fsp3) is 0.295.